The number of ether oxygens (including phenoxy) is 3. The Labute approximate surface area is 158 Å². The molecule has 1 unspecified atom stereocenters. The number of carbonyl (C=O) groups excluding carboxylic acids is 2. The third-order valence-corrected chi connectivity index (χ3v) is 5.62. The zero-order valence-corrected chi connectivity index (χ0v) is 15.6. The molecule has 1 aromatic rings. The summed E-state index contributed by atoms with van der Waals surface area (Å²) >= 11 is 0. The second-order valence-corrected chi connectivity index (χ2v) is 7.67. The van der Waals surface area contributed by atoms with Crippen LogP contribution in [0.15, 0.2) is 24.3 Å². The molecule has 7 nitrogen and oxygen atoms in total. The molecule has 1 aromatic carbocycles. The van der Waals surface area contributed by atoms with Crippen molar-refractivity contribution >= 4 is 17.7 Å². The summed E-state index contributed by atoms with van der Waals surface area (Å²) in [5, 5.41) is 2.92. The fraction of sp³-hybridized carbons (Fsp3) is 0.600. The number of amides is 2. The molecule has 1 atom stereocenters. The number of benzene rings is 1. The predicted octanol–water partition coefficient (Wildman–Crippen LogP) is 2.69. The monoisotopic (exact) mass is 374 g/mol. The molecular formula is C20H26N2O5. The summed E-state index contributed by atoms with van der Waals surface area (Å²) in [7, 11) is 0. The minimum atomic E-state index is -0.446. The van der Waals surface area contributed by atoms with Gasteiger partial charge in [0.2, 0.25) is 0 Å². The van der Waals surface area contributed by atoms with Crippen LogP contribution in [0.5, 0.6) is 0 Å². The van der Waals surface area contributed by atoms with Crippen molar-refractivity contribution in [3.63, 3.8) is 0 Å². The Morgan fingerprint density at radius 2 is 2.15 bits per heavy atom. The number of rotatable bonds is 4. The highest BCUT2D eigenvalue weighted by atomic mass is 16.7. The van der Waals surface area contributed by atoms with Gasteiger partial charge >= 0.3 is 6.09 Å². The molecule has 2 saturated heterocycles. The topological polar surface area (TPSA) is 77.1 Å². The lowest BCUT2D eigenvalue weighted by Gasteiger charge is -2.34. The van der Waals surface area contributed by atoms with Gasteiger partial charge in [0.1, 0.15) is 12.7 Å². The van der Waals surface area contributed by atoms with Crippen LogP contribution in [0.1, 0.15) is 43.0 Å². The van der Waals surface area contributed by atoms with Crippen molar-refractivity contribution in [1.82, 2.24) is 5.32 Å². The van der Waals surface area contributed by atoms with E-state index in [2.05, 4.69) is 12.2 Å². The summed E-state index contributed by atoms with van der Waals surface area (Å²) in [6, 6.07) is 7.00. The van der Waals surface area contributed by atoms with Gasteiger partial charge < -0.3 is 19.5 Å². The molecule has 2 amide bonds. The van der Waals surface area contributed by atoms with E-state index in [0.29, 0.717) is 37.6 Å². The van der Waals surface area contributed by atoms with Gasteiger partial charge in [0.05, 0.1) is 13.2 Å². The highest BCUT2D eigenvalue weighted by Gasteiger charge is 2.43. The zero-order chi connectivity index (χ0) is 18.9. The van der Waals surface area contributed by atoms with E-state index in [1.807, 2.05) is 0 Å². The molecule has 0 bridgehead atoms. The molecule has 0 aromatic heterocycles. The SMILES string of the molecule is CC1CCC2(CC1)OCC(CNC(=O)c1cccc(N3CCOC3=O)c1)O2. The number of nitrogens with one attached hydrogen (secondary N) is 1. The smallest absolute Gasteiger partial charge is 0.414 e. The Morgan fingerprint density at radius 1 is 1.33 bits per heavy atom. The summed E-state index contributed by atoms with van der Waals surface area (Å²) in [6.07, 6.45) is 3.57. The van der Waals surface area contributed by atoms with Crippen LogP contribution in [-0.4, -0.2) is 50.2 Å². The maximum atomic E-state index is 12.5. The largest absolute Gasteiger partial charge is 0.447 e. The van der Waals surface area contributed by atoms with E-state index in [9.17, 15) is 9.59 Å². The minimum absolute atomic E-state index is 0.126. The minimum Gasteiger partial charge on any atom is -0.447 e. The van der Waals surface area contributed by atoms with E-state index in [0.717, 1.165) is 31.6 Å². The summed E-state index contributed by atoms with van der Waals surface area (Å²) in [6.45, 7) is 4.04. The van der Waals surface area contributed by atoms with E-state index in [-0.39, 0.29) is 18.1 Å². The van der Waals surface area contributed by atoms with E-state index in [1.54, 1.807) is 24.3 Å². The summed E-state index contributed by atoms with van der Waals surface area (Å²) < 4.78 is 17.0. The van der Waals surface area contributed by atoms with E-state index < -0.39 is 5.79 Å². The second-order valence-electron chi connectivity index (χ2n) is 7.67. The van der Waals surface area contributed by atoms with Gasteiger partial charge in [-0.05, 0) is 37.0 Å². The van der Waals surface area contributed by atoms with Crippen LogP contribution in [-0.2, 0) is 14.2 Å². The lowest BCUT2D eigenvalue weighted by Crippen LogP contribution is -2.38. The molecule has 1 saturated carbocycles. The normalized spacial score (nSPS) is 30.6. The van der Waals surface area contributed by atoms with Gasteiger partial charge in [-0.3, -0.25) is 9.69 Å². The van der Waals surface area contributed by atoms with E-state index in [1.165, 1.54) is 4.90 Å². The third-order valence-electron chi connectivity index (χ3n) is 5.62. The van der Waals surface area contributed by atoms with Crippen LogP contribution in [0.4, 0.5) is 10.5 Å². The Morgan fingerprint density at radius 3 is 2.89 bits per heavy atom. The molecule has 0 radical (unpaired) electrons. The molecule has 27 heavy (non-hydrogen) atoms. The standard InChI is InChI=1S/C20H26N2O5/c1-14-5-7-20(8-6-14)26-13-17(27-20)12-21-18(23)15-3-2-4-16(11-15)22-9-10-25-19(22)24/h2-4,11,14,17H,5-10,12-13H2,1H3,(H,21,23). The Balaban J connectivity index is 1.32. The molecule has 1 N–H and O–H groups in total. The summed E-state index contributed by atoms with van der Waals surface area (Å²) in [4.78, 5) is 25.7. The highest BCUT2D eigenvalue weighted by molar-refractivity contribution is 5.97. The molecule has 3 aliphatic rings. The van der Waals surface area contributed by atoms with Crippen molar-refractivity contribution in [1.29, 1.82) is 0 Å². The van der Waals surface area contributed by atoms with E-state index >= 15 is 0 Å². The van der Waals surface area contributed by atoms with Gasteiger partial charge in [0, 0.05) is 30.6 Å². The van der Waals surface area contributed by atoms with Crippen LogP contribution in [0.25, 0.3) is 0 Å². The molecule has 2 aliphatic heterocycles. The maximum absolute atomic E-state index is 12.5. The van der Waals surface area contributed by atoms with Crippen LogP contribution in [0, 0.1) is 5.92 Å². The number of hydrogen-bond donors (Lipinski definition) is 1. The van der Waals surface area contributed by atoms with Gasteiger partial charge in [0.25, 0.3) is 5.91 Å². The first-order valence-electron chi connectivity index (χ1n) is 9.69. The predicted molar refractivity (Wildman–Crippen MR) is 98.7 cm³/mol. The molecule has 3 fully saturated rings. The fourth-order valence-electron chi connectivity index (χ4n) is 3.93. The van der Waals surface area contributed by atoms with Gasteiger partial charge in [-0.15, -0.1) is 0 Å². The molecule has 1 aliphatic carbocycles. The summed E-state index contributed by atoms with van der Waals surface area (Å²) in [5.41, 5.74) is 1.17. The van der Waals surface area contributed by atoms with E-state index in [4.69, 9.17) is 14.2 Å². The van der Waals surface area contributed by atoms with Crippen molar-refractivity contribution in [2.75, 3.05) is 31.2 Å². The molecular weight excluding hydrogens is 348 g/mol. The fourth-order valence-corrected chi connectivity index (χ4v) is 3.93. The number of cyclic esters (lactones) is 1. The Kier molecular flexibility index (Phi) is 5.06. The van der Waals surface area contributed by atoms with Crippen molar-refractivity contribution < 1.29 is 23.8 Å². The molecule has 7 heteroatoms. The maximum Gasteiger partial charge on any atom is 0.414 e. The molecule has 2 heterocycles. The van der Waals surface area contributed by atoms with Gasteiger partial charge in [-0.1, -0.05) is 13.0 Å². The average Bonchev–Trinajstić information content (AvgIpc) is 3.29. The number of anilines is 1. The lowest BCUT2D eigenvalue weighted by molar-refractivity contribution is -0.191. The Hall–Kier alpha value is -2.12. The molecule has 4 rings (SSSR count). The van der Waals surface area contributed by atoms with Crippen LogP contribution in [0.2, 0.25) is 0 Å². The van der Waals surface area contributed by atoms with Crippen LogP contribution in [0.3, 0.4) is 0 Å². The lowest BCUT2D eigenvalue weighted by atomic mass is 9.86. The first kappa shape index (κ1) is 18.3. The van der Waals surface area contributed by atoms with Crippen molar-refractivity contribution in [3.05, 3.63) is 29.8 Å². The van der Waals surface area contributed by atoms with Crippen molar-refractivity contribution in [3.8, 4) is 0 Å². The van der Waals surface area contributed by atoms with Gasteiger partial charge in [0.15, 0.2) is 5.79 Å². The average molecular weight is 374 g/mol. The number of nitrogens with zero attached hydrogens (tertiary/aromatic N) is 1. The van der Waals surface area contributed by atoms with Crippen molar-refractivity contribution in [2.24, 2.45) is 5.92 Å². The highest BCUT2D eigenvalue weighted by Crippen LogP contribution is 2.39. The van der Waals surface area contributed by atoms with Crippen LogP contribution < -0.4 is 10.2 Å². The summed E-state index contributed by atoms with van der Waals surface area (Å²) in [5.74, 6) is 0.0887. The number of carbonyl (C=O) groups is 2. The van der Waals surface area contributed by atoms with Gasteiger partial charge in [-0.2, -0.15) is 0 Å². The first-order chi connectivity index (χ1) is 13.0. The molecule has 1 spiro atoms. The Bertz CT molecular complexity index is 714. The second kappa shape index (κ2) is 7.48. The first-order valence-corrected chi connectivity index (χ1v) is 9.69. The third kappa shape index (κ3) is 3.94. The van der Waals surface area contributed by atoms with Crippen LogP contribution >= 0.6 is 0 Å². The quantitative estimate of drug-likeness (QED) is 0.877. The van der Waals surface area contributed by atoms with Crippen molar-refractivity contribution in [2.45, 2.75) is 44.5 Å². The zero-order valence-electron chi connectivity index (χ0n) is 15.6. The van der Waals surface area contributed by atoms with Gasteiger partial charge in [-0.25, -0.2) is 4.79 Å². The molecule has 146 valence electrons. The number of hydrogen-bond acceptors (Lipinski definition) is 5.